The Morgan fingerprint density at radius 3 is 0.946 bits per heavy atom. The summed E-state index contributed by atoms with van der Waals surface area (Å²) in [4.78, 5) is 10.6. The zero-order valence-electron chi connectivity index (χ0n) is 39.8. The number of hydrogen-bond donors (Lipinski definition) is 0. The molecule has 0 aliphatic rings. The van der Waals surface area contributed by atoms with Crippen LogP contribution in [-0.2, 0) is 0 Å². The van der Waals surface area contributed by atoms with Crippen molar-refractivity contribution in [2.24, 2.45) is 0 Å². The highest BCUT2D eigenvalue weighted by Crippen LogP contribution is 2.43. The Bertz CT molecular complexity index is 5400. The van der Waals surface area contributed by atoms with Crippen LogP contribution in [0.15, 0.2) is 243 Å². The van der Waals surface area contributed by atoms with Gasteiger partial charge in [-0.25, -0.2) is 9.97 Å². The van der Waals surface area contributed by atoms with Crippen molar-refractivity contribution in [2.75, 3.05) is 0 Å². The van der Waals surface area contributed by atoms with Gasteiger partial charge >= 0.3 is 0 Å². The topological polar surface area (TPSA) is 44.5 Å². The summed E-state index contributed by atoms with van der Waals surface area (Å²) in [5, 5.41) is 19.5. The standard InChI is InChI=1S/C68H40N6/c1-2-18-44-43(17-1)45-19-3-6-22-48(45)55-39-57-50-24-8-5-21-47(50)53-35-33-41(37-54(53)51-25-9-10-26-52(51)58(57)40-56(55)49-23-7-4-20-46(44)49)71-65-36-34-42(38-66(65)74-62-30-14-12-28-60(62)70-68(71)74)72-63-31-15-16-32-64(63)73-61-29-13-11-27-59(61)69-67(72)73/h1-40H. The molecule has 0 radical (unpaired) electrons. The molecule has 0 amide bonds. The average Bonchev–Trinajstić information content (AvgIpc) is 4.23. The Morgan fingerprint density at radius 1 is 0.203 bits per heavy atom. The SMILES string of the molecule is c1ccc2c(c1)nc1n(-c3ccc4c(c3)n3c5ccccc5nc3n4-c3ccc4c5ccccc5c5cc6c7ccccc7c7ccccc7c7ccccc7c6cc5c5ccccc5c4c3)c3ccccc3n21. The molecule has 6 nitrogen and oxygen atoms in total. The quantitative estimate of drug-likeness (QED) is 0.173. The van der Waals surface area contributed by atoms with Gasteiger partial charge in [-0.2, -0.15) is 0 Å². The minimum absolute atomic E-state index is 0.858. The predicted octanol–water partition coefficient (Wildman–Crippen LogP) is 17.5. The van der Waals surface area contributed by atoms with Gasteiger partial charge in [-0.3, -0.25) is 17.9 Å². The van der Waals surface area contributed by atoms with E-state index in [4.69, 9.17) is 9.97 Å². The highest BCUT2D eigenvalue weighted by molar-refractivity contribution is 6.32. The summed E-state index contributed by atoms with van der Waals surface area (Å²) >= 11 is 0. The van der Waals surface area contributed by atoms with Crippen molar-refractivity contribution in [1.29, 1.82) is 0 Å². The lowest BCUT2D eigenvalue weighted by atomic mass is 9.90. The van der Waals surface area contributed by atoms with E-state index in [0.717, 1.165) is 67.1 Å². The first-order valence-electron chi connectivity index (χ1n) is 25.3. The van der Waals surface area contributed by atoms with Gasteiger partial charge in [0.05, 0.1) is 49.8 Å². The summed E-state index contributed by atoms with van der Waals surface area (Å²) < 4.78 is 9.26. The van der Waals surface area contributed by atoms with Gasteiger partial charge in [0, 0.05) is 5.69 Å². The van der Waals surface area contributed by atoms with Crippen molar-refractivity contribution in [2.45, 2.75) is 0 Å². The normalized spacial score (nSPS) is 12.3. The van der Waals surface area contributed by atoms with Crippen LogP contribution in [0.1, 0.15) is 0 Å². The predicted molar refractivity (Wildman–Crippen MR) is 310 cm³/mol. The molecule has 4 aromatic heterocycles. The highest BCUT2D eigenvalue weighted by Gasteiger charge is 2.22. The van der Waals surface area contributed by atoms with E-state index in [1.807, 2.05) is 0 Å². The van der Waals surface area contributed by atoms with Gasteiger partial charge < -0.3 is 0 Å². The second kappa shape index (κ2) is 14.8. The molecule has 6 heteroatoms. The van der Waals surface area contributed by atoms with Crippen LogP contribution in [0.25, 0.3) is 153 Å². The zero-order chi connectivity index (χ0) is 48.2. The minimum Gasteiger partial charge on any atom is -0.278 e. The smallest absolute Gasteiger partial charge is 0.220 e. The van der Waals surface area contributed by atoms with Crippen LogP contribution in [0.2, 0.25) is 0 Å². The van der Waals surface area contributed by atoms with E-state index in [1.54, 1.807) is 0 Å². The van der Waals surface area contributed by atoms with Gasteiger partial charge in [0.1, 0.15) is 0 Å². The van der Waals surface area contributed by atoms with Crippen LogP contribution in [-0.4, -0.2) is 27.9 Å². The largest absolute Gasteiger partial charge is 0.278 e. The van der Waals surface area contributed by atoms with E-state index in [0.29, 0.717) is 0 Å². The van der Waals surface area contributed by atoms with Crippen LogP contribution in [0.4, 0.5) is 0 Å². The van der Waals surface area contributed by atoms with Crippen LogP contribution in [0, 0.1) is 0 Å². The first-order chi connectivity index (χ1) is 36.7. The molecule has 0 unspecified atom stereocenters. The molecule has 0 fully saturated rings. The third-order valence-corrected chi connectivity index (χ3v) is 15.9. The lowest BCUT2D eigenvalue weighted by molar-refractivity contribution is 1.11. The molecule has 0 saturated carbocycles. The number of para-hydroxylation sites is 6. The number of aromatic nitrogens is 6. The van der Waals surface area contributed by atoms with E-state index >= 15 is 0 Å². The fourth-order valence-corrected chi connectivity index (χ4v) is 12.8. The lowest BCUT2D eigenvalue weighted by Gasteiger charge is -2.14. The van der Waals surface area contributed by atoms with Crippen molar-refractivity contribution in [3.63, 3.8) is 0 Å². The van der Waals surface area contributed by atoms with Crippen LogP contribution < -0.4 is 0 Å². The van der Waals surface area contributed by atoms with Crippen molar-refractivity contribution < 1.29 is 0 Å². The summed E-state index contributed by atoms with van der Waals surface area (Å²) in [5.41, 5.74) is 10.5. The summed E-state index contributed by atoms with van der Waals surface area (Å²) in [6.07, 6.45) is 0. The zero-order valence-corrected chi connectivity index (χ0v) is 39.8. The first-order valence-corrected chi connectivity index (χ1v) is 25.3. The Hall–Kier alpha value is -10.0. The van der Waals surface area contributed by atoms with Gasteiger partial charge in [-0.15, -0.1) is 0 Å². The maximum atomic E-state index is 5.41. The molecule has 342 valence electrons. The van der Waals surface area contributed by atoms with Crippen molar-refractivity contribution in [3.8, 4) is 11.4 Å². The lowest BCUT2D eigenvalue weighted by Crippen LogP contribution is -1.97. The van der Waals surface area contributed by atoms with Gasteiger partial charge in [-0.05, 0) is 165 Å². The molecule has 0 saturated heterocycles. The molecular weight excluding hydrogens is 901 g/mol. The fourth-order valence-electron chi connectivity index (χ4n) is 12.8. The fraction of sp³-hybridized carbons (Fsp3) is 0. The molecule has 0 bridgehead atoms. The molecule has 13 aromatic carbocycles. The Morgan fingerprint density at radius 2 is 0.500 bits per heavy atom. The number of imidazole rings is 4. The third kappa shape index (κ3) is 5.32. The molecule has 0 aliphatic carbocycles. The van der Waals surface area contributed by atoms with Gasteiger partial charge in [0.25, 0.3) is 0 Å². The first kappa shape index (κ1) is 39.7. The molecule has 0 aliphatic heterocycles. The number of fused-ring (bicyclic) bond motifs is 26. The van der Waals surface area contributed by atoms with Crippen LogP contribution >= 0.6 is 0 Å². The number of nitrogens with zero attached hydrogens (tertiary/aromatic N) is 6. The molecule has 0 atom stereocenters. The number of hydrogen-bond acceptors (Lipinski definition) is 2. The van der Waals surface area contributed by atoms with E-state index in [1.165, 1.54) is 86.2 Å². The van der Waals surface area contributed by atoms with Crippen LogP contribution in [0.3, 0.4) is 0 Å². The molecule has 74 heavy (non-hydrogen) atoms. The average molecular weight is 941 g/mol. The van der Waals surface area contributed by atoms with Gasteiger partial charge in [0.15, 0.2) is 0 Å². The van der Waals surface area contributed by atoms with E-state index in [2.05, 4.69) is 261 Å². The molecule has 17 rings (SSSR count). The highest BCUT2D eigenvalue weighted by atomic mass is 15.2. The molecule has 17 aromatic rings. The molecule has 0 spiro atoms. The minimum atomic E-state index is 0.858. The van der Waals surface area contributed by atoms with E-state index < -0.39 is 0 Å². The summed E-state index contributed by atoms with van der Waals surface area (Å²) in [6, 6.07) is 89.1. The maximum Gasteiger partial charge on any atom is 0.220 e. The van der Waals surface area contributed by atoms with Crippen LogP contribution in [0.5, 0.6) is 0 Å². The summed E-state index contributed by atoms with van der Waals surface area (Å²) in [6.45, 7) is 0. The Kier molecular flexibility index (Phi) is 7.91. The second-order valence-electron chi connectivity index (χ2n) is 19.7. The van der Waals surface area contributed by atoms with Crippen molar-refractivity contribution >= 4 is 142 Å². The van der Waals surface area contributed by atoms with Gasteiger partial charge in [-0.1, -0.05) is 164 Å². The van der Waals surface area contributed by atoms with Crippen molar-refractivity contribution in [3.05, 3.63) is 243 Å². The summed E-state index contributed by atoms with van der Waals surface area (Å²) in [5.74, 6) is 1.74. The van der Waals surface area contributed by atoms with Crippen molar-refractivity contribution in [1.82, 2.24) is 27.9 Å². The Labute approximate surface area is 421 Å². The maximum absolute atomic E-state index is 5.41. The van der Waals surface area contributed by atoms with E-state index in [9.17, 15) is 0 Å². The molecule has 0 N–H and O–H groups in total. The van der Waals surface area contributed by atoms with Gasteiger partial charge in [0.2, 0.25) is 11.6 Å². The number of benzene rings is 11. The monoisotopic (exact) mass is 940 g/mol. The second-order valence-corrected chi connectivity index (χ2v) is 19.7. The van der Waals surface area contributed by atoms with E-state index in [-0.39, 0.29) is 0 Å². The number of rotatable bonds is 2. The summed E-state index contributed by atoms with van der Waals surface area (Å²) in [7, 11) is 0. The Balaban J connectivity index is 0.987. The third-order valence-electron chi connectivity index (χ3n) is 15.9. The molecular formula is C68H40N6. The molecule has 4 heterocycles.